The third kappa shape index (κ3) is 4.54. The maximum absolute atomic E-state index is 13.9. The first kappa shape index (κ1) is 21.1. The molecule has 0 N–H and O–H groups in total. The van der Waals surface area contributed by atoms with Gasteiger partial charge in [-0.05, 0) is 30.7 Å². The van der Waals surface area contributed by atoms with Crippen LogP contribution in [-0.4, -0.2) is 43.7 Å². The molecule has 0 aliphatic rings. The highest BCUT2D eigenvalue weighted by atomic mass is 32.2. The van der Waals surface area contributed by atoms with Gasteiger partial charge in [0.15, 0.2) is 0 Å². The molecule has 27 heavy (non-hydrogen) atoms. The van der Waals surface area contributed by atoms with Crippen molar-refractivity contribution >= 4 is 15.9 Å². The van der Waals surface area contributed by atoms with Crippen LogP contribution in [-0.2, 0) is 16.6 Å². The molecule has 146 valence electrons. The molecule has 2 aromatic carbocycles. The van der Waals surface area contributed by atoms with Crippen LogP contribution in [0.15, 0.2) is 47.4 Å². The van der Waals surface area contributed by atoms with E-state index in [2.05, 4.69) is 0 Å². The Morgan fingerprint density at radius 1 is 1.07 bits per heavy atom. The number of sulfonamides is 1. The Balaban J connectivity index is 2.35. The van der Waals surface area contributed by atoms with Crippen LogP contribution in [0.25, 0.3) is 0 Å². The molecule has 5 nitrogen and oxygen atoms in total. The van der Waals surface area contributed by atoms with E-state index in [0.29, 0.717) is 29.8 Å². The minimum atomic E-state index is -3.66. The minimum absolute atomic E-state index is 0.0828. The Bertz CT molecular complexity index is 925. The number of aryl methyl sites for hydroxylation is 1. The quantitative estimate of drug-likeness (QED) is 0.725. The number of carbonyl (C=O) groups excluding carboxylic acids is 1. The predicted molar refractivity (Wildman–Crippen MR) is 103 cm³/mol. The fourth-order valence-corrected chi connectivity index (χ4v) is 4.35. The van der Waals surface area contributed by atoms with Gasteiger partial charge in [-0.2, -0.15) is 4.31 Å². The molecule has 1 amide bonds. The highest BCUT2D eigenvalue weighted by molar-refractivity contribution is 7.89. The Kier molecular flexibility index (Phi) is 6.73. The smallest absolute Gasteiger partial charge is 0.254 e. The number of rotatable bonds is 7. The summed E-state index contributed by atoms with van der Waals surface area (Å²) in [6.07, 6.45) is 0. The summed E-state index contributed by atoms with van der Waals surface area (Å²) in [6, 6.07) is 10.8. The molecule has 0 aromatic heterocycles. The molecule has 0 aliphatic heterocycles. The molecule has 0 aliphatic carbocycles. The van der Waals surface area contributed by atoms with Gasteiger partial charge in [0, 0.05) is 37.8 Å². The molecule has 2 rings (SSSR count). The first-order chi connectivity index (χ1) is 12.7. The third-order valence-electron chi connectivity index (χ3n) is 4.49. The Morgan fingerprint density at radius 2 is 1.70 bits per heavy atom. The first-order valence-corrected chi connectivity index (χ1v) is 10.3. The highest BCUT2D eigenvalue weighted by Gasteiger charge is 2.24. The lowest BCUT2D eigenvalue weighted by atomic mass is 10.1. The maximum Gasteiger partial charge on any atom is 0.254 e. The second kappa shape index (κ2) is 8.63. The number of amides is 1. The number of carbonyl (C=O) groups is 1. The van der Waals surface area contributed by atoms with Crippen molar-refractivity contribution in [2.75, 3.05) is 20.1 Å². The average Bonchev–Trinajstić information content (AvgIpc) is 2.64. The number of hydrogen-bond donors (Lipinski definition) is 0. The summed E-state index contributed by atoms with van der Waals surface area (Å²) in [5, 5.41) is 0. The lowest BCUT2D eigenvalue weighted by Crippen LogP contribution is -2.31. The van der Waals surface area contributed by atoms with Gasteiger partial charge in [0.25, 0.3) is 5.91 Å². The lowest BCUT2D eigenvalue weighted by molar-refractivity contribution is 0.0783. The third-order valence-corrected chi connectivity index (χ3v) is 6.54. The zero-order valence-corrected chi connectivity index (χ0v) is 16.9. The van der Waals surface area contributed by atoms with Crippen molar-refractivity contribution in [3.05, 3.63) is 65.0 Å². The number of benzene rings is 2. The minimum Gasteiger partial charge on any atom is -0.337 e. The summed E-state index contributed by atoms with van der Waals surface area (Å²) in [5.74, 6) is -0.737. The summed E-state index contributed by atoms with van der Waals surface area (Å²) >= 11 is 0. The molecule has 0 radical (unpaired) electrons. The van der Waals surface area contributed by atoms with Crippen molar-refractivity contribution in [2.45, 2.75) is 32.2 Å². The summed E-state index contributed by atoms with van der Waals surface area (Å²) in [5.41, 5.74) is 1.36. The van der Waals surface area contributed by atoms with Crippen molar-refractivity contribution in [1.29, 1.82) is 0 Å². The molecule has 0 atom stereocenters. The molecule has 0 bridgehead atoms. The van der Waals surface area contributed by atoms with Crippen molar-refractivity contribution in [2.24, 2.45) is 0 Å². The van der Waals surface area contributed by atoms with E-state index < -0.39 is 10.0 Å². The second-order valence-electron chi connectivity index (χ2n) is 6.32. The largest absolute Gasteiger partial charge is 0.337 e. The number of hydrogen-bond acceptors (Lipinski definition) is 3. The molecule has 2 aromatic rings. The fraction of sp³-hybridized carbons (Fsp3) is 0.350. The van der Waals surface area contributed by atoms with Crippen molar-refractivity contribution in [3.8, 4) is 0 Å². The van der Waals surface area contributed by atoms with E-state index in [1.807, 2.05) is 0 Å². The van der Waals surface area contributed by atoms with Gasteiger partial charge >= 0.3 is 0 Å². The van der Waals surface area contributed by atoms with Crippen LogP contribution in [0.3, 0.4) is 0 Å². The van der Waals surface area contributed by atoms with Crippen LogP contribution >= 0.6 is 0 Å². The lowest BCUT2D eigenvalue weighted by Gasteiger charge is -2.21. The van der Waals surface area contributed by atoms with Gasteiger partial charge in [0.2, 0.25) is 10.0 Å². The molecule has 0 saturated carbocycles. The number of nitrogens with zero attached hydrogens (tertiary/aromatic N) is 2. The van der Waals surface area contributed by atoms with E-state index in [1.54, 1.807) is 52.1 Å². The standard InChI is InChI=1S/C20H25FN2O3S/c1-5-23(6-2)27(25,26)17-12-11-15(3)18(13-17)20(24)22(4)14-16-9-7-8-10-19(16)21/h7-13H,5-6,14H2,1-4H3. The fourth-order valence-electron chi connectivity index (χ4n) is 2.86. The van der Waals surface area contributed by atoms with Crippen LogP contribution in [0.1, 0.15) is 35.3 Å². The van der Waals surface area contributed by atoms with Crippen LogP contribution in [0, 0.1) is 12.7 Å². The number of halogens is 1. The molecule has 0 unspecified atom stereocenters. The molecular weight excluding hydrogens is 367 g/mol. The monoisotopic (exact) mass is 392 g/mol. The van der Waals surface area contributed by atoms with E-state index in [1.165, 1.54) is 27.4 Å². The first-order valence-electron chi connectivity index (χ1n) is 8.82. The molecule has 0 heterocycles. The molecule has 0 saturated heterocycles. The average molecular weight is 392 g/mol. The van der Waals surface area contributed by atoms with E-state index in [0.717, 1.165) is 0 Å². The summed E-state index contributed by atoms with van der Waals surface area (Å²) in [7, 11) is -2.09. The van der Waals surface area contributed by atoms with Gasteiger partial charge in [-0.3, -0.25) is 4.79 Å². The van der Waals surface area contributed by atoms with Gasteiger partial charge in [0.05, 0.1) is 4.90 Å². The topological polar surface area (TPSA) is 57.7 Å². The normalized spacial score (nSPS) is 11.6. The molecule has 0 spiro atoms. The molecular formula is C20H25FN2O3S. The van der Waals surface area contributed by atoms with Gasteiger partial charge in [0.1, 0.15) is 5.82 Å². The van der Waals surface area contributed by atoms with Gasteiger partial charge < -0.3 is 4.90 Å². The maximum atomic E-state index is 13.9. The van der Waals surface area contributed by atoms with E-state index in [4.69, 9.17) is 0 Å². The van der Waals surface area contributed by atoms with Gasteiger partial charge in [-0.1, -0.05) is 38.1 Å². The summed E-state index contributed by atoms with van der Waals surface area (Å²) in [6.45, 7) is 6.08. The van der Waals surface area contributed by atoms with Crippen molar-refractivity contribution < 1.29 is 17.6 Å². The Labute approximate surface area is 160 Å². The summed E-state index contributed by atoms with van der Waals surface area (Å²) < 4.78 is 40.7. The Hall–Kier alpha value is -2.25. The van der Waals surface area contributed by atoms with E-state index in [-0.39, 0.29) is 23.2 Å². The summed E-state index contributed by atoms with van der Waals surface area (Å²) in [4.78, 5) is 14.3. The van der Waals surface area contributed by atoms with Crippen LogP contribution < -0.4 is 0 Å². The van der Waals surface area contributed by atoms with Crippen LogP contribution in [0.2, 0.25) is 0 Å². The molecule has 0 fully saturated rings. The van der Waals surface area contributed by atoms with Crippen molar-refractivity contribution in [1.82, 2.24) is 9.21 Å². The van der Waals surface area contributed by atoms with Crippen LogP contribution in [0.5, 0.6) is 0 Å². The Morgan fingerprint density at radius 3 is 2.30 bits per heavy atom. The zero-order valence-electron chi connectivity index (χ0n) is 16.1. The van der Waals surface area contributed by atoms with Crippen molar-refractivity contribution in [3.63, 3.8) is 0 Å². The molecule has 7 heteroatoms. The second-order valence-corrected chi connectivity index (χ2v) is 8.26. The van der Waals surface area contributed by atoms with Crippen LogP contribution in [0.4, 0.5) is 4.39 Å². The van der Waals surface area contributed by atoms with Gasteiger partial charge in [-0.15, -0.1) is 0 Å². The van der Waals surface area contributed by atoms with Gasteiger partial charge in [-0.25, -0.2) is 12.8 Å². The SMILES string of the molecule is CCN(CC)S(=O)(=O)c1ccc(C)c(C(=O)N(C)Cc2ccccc2F)c1. The van der Waals surface area contributed by atoms with E-state index in [9.17, 15) is 17.6 Å². The predicted octanol–water partition coefficient (Wildman–Crippen LogP) is 3.44. The van der Waals surface area contributed by atoms with E-state index >= 15 is 0 Å². The highest BCUT2D eigenvalue weighted by Crippen LogP contribution is 2.21. The zero-order chi connectivity index (χ0) is 20.2.